The van der Waals surface area contributed by atoms with Crippen LogP contribution in [0.5, 0.6) is 11.5 Å². The van der Waals surface area contributed by atoms with E-state index in [1.807, 2.05) is 60.7 Å². The van der Waals surface area contributed by atoms with Gasteiger partial charge in [-0.15, -0.1) is 0 Å². The first kappa shape index (κ1) is 24.5. The zero-order valence-electron chi connectivity index (χ0n) is 20.5. The highest BCUT2D eigenvalue weighted by Gasteiger charge is 2.21. The van der Waals surface area contributed by atoms with E-state index < -0.39 is 12.2 Å². The highest BCUT2D eigenvalue weighted by molar-refractivity contribution is 5.88. The normalized spacial score (nSPS) is 16.7. The third-order valence-electron chi connectivity index (χ3n) is 6.76. The number of ether oxygens (including phenoxy) is 2. The molecule has 4 aromatic rings. The van der Waals surface area contributed by atoms with Crippen LogP contribution < -0.4 is 9.47 Å². The molecule has 0 aliphatic carbocycles. The van der Waals surface area contributed by atoms with Gasteiger partial charge in [-0.3, -0.25) is 9.80 Å². The third kappa shape index (κ3) is 6.15. The third-order valence-corrected chi connectivity index (χ3v) is 6.76. The molecule has 0 bridgehead atoms. The van der Waals surface area contributed by atoms with E-state index in [-0.39, 0.29) is 13.2 Å². The second-order valence-corrected chi connectivity index (χ2v) is 9.49. The van der Waals surface area contributed by atoms with E-state index in [2.05, 4.69) is 34.1 Å². The summed E-state index contributed by atoms with van der Waals surface area (Å²) in [5, 5.41) is 25.5. The van der Waals surface area contributed by atoms with Crippen molar-refractivity contribution in [2.24, 2.45) is 0 Å². The number of aliphatic hydroxyl groups is 2. The lowest BCUT2D eigenvalue weighted by atomic mass is 10.1. The molecule has 2 atom stereocenters. The van der Waals surface area contributed by atoms with Crippen LogP contribution in [0.4, 0.5) is 0 Å². The maximum Gasteiger partial charge on any atom is 0.127 e. The van der Waals surface area contributed by atoms with Gasteiger partial charge in [0.15, 0.2) is 0 Å². The SMILES string of the molecule is O[C@@H](COc1cccc2ccccc12)CN1CCN(C[C@@H](O)COc2cccc3ccccc23)CC1. The van der Waals surface area contributed by atoms with Crippen LogP contribution in [0.2, 0.25) is 0 Å². The quantitative estimate of drug-likeness (QED) is 0.356. The molecule has 6 heteroatoms. The fourth-order valence-corrected chi connectivity index (χ4v) is 4.87. The van der Waals surface area contributed by atoms with Crippen molar-refractivity contribution in [3.05, 3.63) is 84.9 Å². The molecule has 6 nitrogen and oxygen atoms in total. The fourth-order valence-electron chi connectivity index (χ4n) is 4.87. The van der Waals surface area contributed by atoms with Crippen molar-refractivity contribution in [1.29, 1.82) is 0 Å². The van der Waals surface area contributed by atoms with Gasteiger partial charge in [-0.2, -0.15) is 0 Å². The largest absolute Gasteiger partial charge is 0.490 e. The van der Waals surface area contributed by atoms with E-state index in [0.717, 1.165) is 59.2 Å². The van der Waals surface area contributed by atoms with E-state index in [0.29, 0.717) is 13.1 Å². The Morgan fingerprint density at radius 1 is 0.556 bits per heavy atom. The lowest BCUT2D eigenvalue weighted by Gasteiger charge is -2.36. The summed E-state index contributed by atoms with van der Waals surface area (Å²) in [7, 11) is 0. The lowest BCUT2D eigenvalue weighted by molar-refractivity contribution is 0.0244. The highest BCUT2D eigenvalue weighted by Crippen LogP contribution is 2.26. The van der Waals surface area contributed by atoms with Crippen LogP contribution in [0, 0.1) is 0 Å². The first-order chi connectivity index (χ1) is 17.7. The number of hydrogen-bond acceptors (Lipinski definition) is 6. The Hall–Kier alpha value is -3.16. The average Bonchev–Trinajstić information content (AvgIpc) is 2.92. The summed E-state index contributed by atoms with van der Waals surface area (Å²) in [5.41, 5.74) is 0. The molecule has 0 aromatic heterocycles. The van der Waals surface area contributed by atoms with Crippen molar-refractivity contribution < 1.29 is 19.7 Å². The molecule has 1 heterocycles. The van der Waals surface area contributed by atoms with E-state index in [4.69, 9.17) is 9.47 Å². The smallest absolute Gasteiger partial charge is 0.127 e. The topological polar surface area (TPSA) is 65.4 Å². The second-order valence-electron chi connectivity index (χ2n) is 9.49. The van der Waals surface area contributed by atoms with Crippen molar-refractivity contribution in [2.45, 2.75) is 12.2 Å². The summed E-state index contributed by atoms with van der Waals surface area (Å²) in [4.78, 5) is 4.51. The number of piperazine rings is 1. The molecule has 0 saturated carbocycles. The Kier molecular flexibility index (Phi) is 7.98. The highest BCUT2D eigenvalue weighted by atomic mass is 16.5. The van der Waals surface area contributed by atoms with Gasteiger partial charge in [0.2, 0.25) is 0 Å². The Bertz CT molecular complexity index is 1160. The molecule has 0 unspecified atom stereocenters. The van der Waals surface area contributed by atoms with Gasteiger partial charge < -0.3 is 19.7 Å². The molecule has 1 saturated heterocycles. The first-order valence-corrected chi connectivity index (χ1v) is 12.7. The lowest BCUT2D eigenvalue weighted by Crippen LogP contribution is -2.51. The zero-order valence-corrected chi connectivity index (χ0v) is 20.5. The molecule has 188 valence electrons. The van der Waals surface area contributed by atoms with Gasteiger partial charge in [0.1, 0.15) is 36.9 Å². The maximum atomic E-state index is 10.6. The number of aliphatic hydroxyl groups excluding tert-OH is 2. The molecule has 0 radical (unpaired) electrons. The zero-order chi connectivity index (χ0) is 24.7. The van der Waals surface area contributed by atoms with Crippen molar-refractivity contribution in [1.82, 2.24) is 9.80 Å². The van der Waals surface area contributed by atoms with Gasteiger partial charge in [-0.1, -0.05) is 72.8 Å². The summed E-state index contributed by atoms with van der Waals surface area (Å²) < 4.78 is 11.9. The summed E-state index contributed by atoms with van der Waals surface area (Å²) in [5.74, 6) is 1.60. The Balaban J connectivity index is 1.03. The van der Waals surface area contributed by atoms with Gasteiger partial charge in [0, 0.05) is 50.0 Å². The van der Waals surface area contributed by atoms with Gasteiger partial charge in [0.25, 0.3) is 0 Å². The number of β-amino-alcohol motifs (C(OH)–C–C–N with tert-alkyl or cyclic N) is 2. The van der Waals surface area contributed by atoms with Gasteiger partial charge >= 0.3 is 0 Å². The molecule has 1 fully saturated rings. The molecular weight excluding hydrogens is 452 g/mol. The summed E-state index contributed by atoms with van der Waals surface area (Å²) in [6.45, 7) is 5.07. The standard InChI is InChI=1S/C30H34N2O4/c33-25(21-35-29-13-5-9-23-7-1-3-11-27(23)29)19-31-15-17-32(18-16-31)20-26(34)22-36-30-14-6-10-24-8-2-4-12-28(24)30/h1-14,25-26,33-34H,15-22H2/t25-,26-/m1/s1. The van der Waals surface area contributed by atoms with Crippen LogP contribution in [0.3, 0.4) is 0 Å². The van der Waals surface area contributed by atoms with E-state index in [1.54, 1.807) is 0 Å². The molecule has 0 spiro atoms. The molecule has 1 aliphatic heterocycles. The fraction of sp³-hybridized carbons (Fsp3) is 0.333. The molecule has 36 heavy (non-hydrogen) atoms. The Labute approximate surface area is 212 Å². The summed E-state index contributed by atoms with van der Waals surface area (Å²) in [6, 6.07) is 28.2. The minimum Gasteiger partial charge on any atom is -0.490 e. The summed E-state index contributed by atoms with van der Waals surface area (Å²) in [6.07, 6.45) is -1.12. The van der Waals surface area contributed by atoms with E-state index in [9.17, 15) is 10.2 Å². The van der Waals surface area contributed by atoms with Crippen LogP contribution in [-0.2, 0) is 0 Å². The van der Waals surface area contributed by atoms with Crippen molar-refractivity contribution >= 4 is 21.5 Å². The number of fused-ring (bicyclic) bond motifs is 2. The van der Waals surface area contributed by atoms with Crippen LogP contribution >= 0.6 is 0 Å². The summed E-state index contributed by atoms with van der Waals surface area (Å²) >= 11 is 0. The molecule has 2 N–H and O–H groups in total. The van der Waals surface area contributed by atoms with Crippen molar-refractivity contribution in [3.8, 4) is 11.5 Å². The minimum absolute atomic E-state index is 0.262. The number of rotatable bonds is 10. The monoisotopic (exact) mass is 486 g/mol. The maximum absolute atomic E-state index is 10.6. The number of benzene rings is 4. The van der Waals surface area contributed by atoms with Gasteiger partial charge in [0.05, 0.1) is 0 Å². The Morgan fingerprint density at radius 2 is 0.944 bits per heavy atom. The predicted octanol–water partition coefficient (Wildman–Crippen LogP) is 3.79. The minimum atomic E-state index is -0.560. The number of hydrogen-bond donors (Lipinski definition) is 2. The van der Waals surface area contributed by atoms with Crippen LogP contribution in [0.1, 0.15) is 0 Å². The average molecular weight is 487 g/mol. The van der Waals surface area contributed by atoms with Crippen LogP contribution in [-0.4, -0.2) is 84.7 Å². The van der Waals surface area contributed by atoms with E-state index >= 15 is 0 Å². The van der Waals surface area contributed by atoms with E-state index in [1.165, 1.54) is 0 Å². The van der Waals surface area contributed by atoms with Gasteiger partial charge in [-0.05, 0) is 22.9 Å². The molecule has 0 amide bonds. The number of nitrogens with zero attached hydrogens (tertiary/aromatic N) is 2. The van der Waals surface area contributed by atoms with Crippen molar-refractivity contribution in [2.75, 3.05) is 52.5 Å². The van der Waals surface area contributed by atoms with Gasteiger partial charge in [-0.25, -0.2) is 0 Å². The molecular formula is C30H34N2O4. The molecule has 4 aromatic carbocycles. The first-order valence-electron chi connectivity index (χ1n) is 12.7. The molecule has 1 aliphatic rings. The van der Waals surface area contributed by atoms with Crippen LogP contribution in [0.25, 0.3) is 21.5 Å². The Morgan fingerprint density at radius 3 is 1.39 bits per heavy atom. The van der Waals surface area contributed by atoms with Crippen LogP contribution in [0.15, 0.2) is 84.9 Å². The molecule has 5 rings (SSSR count). The second kappa shape index (κ2) is 11.7. The van der Waals surface area contributed by atoms with Crippen molar-refractivity contribution in [3.63, 3.8) is 0 Å². The predicted molar refractivity (Wildman–Crippen MR) is 144 cm³/mol.